The number of thioether (sulfide) groups is 2. The molecule has 3 heterocycles. The van der Waals surface area contributed by atoms with Gasteiger partial charge in [0.15, 0.2) is 11.1 Å². The van der Waals surface area contributed by atoms with Gasteiger partial charge in [0, 0.05) is 36.2 Å². The lowest BCUT2D eigenvalue weighted by molar-refractivity contribution is -0.589. The topological polar surface area (TPSA) is 109 Å². The molecule has 0 aliphatic carbocycles. The monoisotopic (exact) mass is 490 g/mol. The number of thiocarbonyl (C=S) groups is 1. The summed E-state index contributed by atoms with van der Waals surface area (Å²) in [7, 11) is -4.29. The zero-order chi connectivity index (χ0) is 21.4. The summed E-state index contributed by atoms with van der Waals surface area (Å²) in [5.41, 5.74) is 0. The van der Waals surface area contributed by atoms with Crippen molar-refractivity contribution in [1.29, 1.82) is 0 Å². The number of carbonyl (C=O) groups is 1. The fourth-order valence-electron chi connectivity index (χ4n) is 2.07. The maximum absolute atomic E-state index is 12.4. The zero-order valence-electron chi connectivity index (χ0n) is 15.5. The first-order valence-electron chi connectivity index (χ1n) is 8.26. The second-order valence-electron chi connectivity index (χ2n) is 5.33. The van der Waals surface area contributed by atoms with Crippen molar-refractivity contribution in [2.75, 3.05) is 18.6 Å². The van der Waals surface area contributed by atoms with E-state index in [0.717, 1.165) is 4.34 Å². The molecule has 2 aromatic heterocycles. The summed E-state index contributed by atoms with van der Waals surface area (Å²) in [5.74, 6) is -0.695. The first-order chi connectivity index (χ1) is 13.8. The molecule has 156 valence electrons. The van der Waals surface area contributed by atoms with Gasteiger partial charge in [-0.2, -0.15) is 0 Å². The Labute approximate surface area is 186 Å². The molecular weight excluding hydrogens is 473 g/mol. The number of amides is 1. The maximum Gasteiger partial charge on any atom is 0.315 e. The molecule has 0 spiro atoms. The molecule has 2 aromatic rings. The smallest absolute Gasteiger partial charge is 0.315 e. The van der Waals surface area contributed by atoms with E-state index in [1.165, 1.54) is 50.3 Å². The van der Waals surface area contributed by atoms with E-state index in [9.17, 15) is 17.8 Å². The van der Waals surface area contributed by atoms with Crippen LogP contribution in [0.25, 0.3) is 4.91 Å². The van der Waals surface area contributed by atoms with Crippen LogP contribution in [0.15, 0.2) is 34.9 Å². The van der Waals surface area contributed by atoms with Gasteiger partial charge in [-0.1, -0.05) is 30.0 Å². The van der Waals surface area contributed by atoms with Gasteiger partial charge in [0.25, 0.3) is 5.91 Å². The van der Waals surface area contributed by atoms with Crippen LogP contribution < -0.4 is 9.02 Å². The summed E-state index contributed by atoms with van der Waals surface area (Å²) in [6, 6.07) is 5.72. The lowest BCUT2D eigenvalue weighted by Gasteiger charge is -2.09. The predicted molar refractivity (Wildman–Crippen MR) is 118 cm³/mol. The van der Waals surface area contributed by atoms with Crippen molar-refractivity contribution in [3.63, 3.8) is 0 Å². The van der Waals surface area contributed by atoms with Crippen LogP contribution >= 0.6 is 47.1 Å². The average Bonchev–Trinajstić information content (AvgIpc) is 3.22. The molecule has 1 fully saturated rings. The summed E-state index contributed by atoms with van der Waals surface area (Å²) in [6.07, 6.45) is 6.88. The van der Waals surface area contributed by atoms with E-state index in [0.29, 0.717) is 20.4 Å². The largest absolute Gasteiger partial charge is 0.748 e. The third-order valence-corrected chi connectivity index (χ3v) is 7.68. The molecular formula is C16H18N4O4S5. The summed E-state index contributed by atoms with van der Waals surface area (Å²) < 4.78 is 35.4. The van der Waals surface area contributed by atoms with Crippen LogP contribution in [0, 0.1) is 6.21 Å². The van der Waals surface area contributed by atoms with E-state index in [2.05, 4.69) is 10.1 Å². The van der Waals surface area contributed by atoms with E-state index in [4.69, 9.17) is 12.2 Å². The normalized spacial score (nSPS) is 16.8. The third kappa shape index (κ3) is 7.12. The van der Waals surface area contributed by atoms with Gasteiger partial charge in [-0.25, -0.2) is 8.42 Å². The van der Waals surface area contributed by atoms with Crippen molar-refractivity contribution in [3.05, 3.63) is 41.5 Å². The number of rotatable bonds is 5. The third-order valence-electron chi connectivity index (χ3n) is 3.35. The number of hydrogen-bond donors (Lipinski definition) is 0. The average molecular weight is 491 g/mol. The van der Waals surface area contributed by atoms with E-state index in [1.54, 1.807) is 12.4 Å². The van der Waals surface area contributed by atoms with Crippen molar-refractivity contribution >= 4 is 72.3 Å². The highest BCUT2D eigenvalue weighted by Gasteiger charge is 2.35. The van der Waals surface area contributed by atoms with Gasteiger partial charge in [-0.3, -0.25) is 14.7 Å². The van der Waals surface area contributed by atoms with Crippen LogP contribution in [0.5, 0.6) is 0 Å². The lowest BCUT2D eigenvalue weighted by atomic mass is 10.5. The molecule has 0 atom stereocenters. The Hall–Kier alpha value is -1.38. The van der Waals surface area contributed by atoms with Gasteiger partial charge < -0.3 is 4.55 Å². The zero-order valence-corrected chi connectivity index (χ0v) is 19.6. The first-order valence-corrected chi connectivity index (χ1v) is 13.1. The predicted octanol–water partition coefficient (Wildman–Crippen LogP) is 1.17. The van der Waals surface area contributed by atoms with Crippen LogP contribution in [0.2, 0.25) is 0 Å². The summed E-state index contributed by atoms with van der Waals surface area (Å²) in [5, 5.41) is 4.30. The van der Waals surface area contributed by atoms with Crippen LogP contribution in [0.3, 0.4) is 0 Å². The molecule has 0 radical (unpaired) electrons. The minimum absolute atomic E-state index is 0.0229. The van der Waals surface area contributed by atoms with Gasteiger partial charge >= 0.3 is 4.66 Å². The van der Waals surface area contributed by atoms with E-state index in [1.807, 2.05) is 31.4 Å². The van der Waals surface area contributed by atoms with Crippen molar-refractivity contribution in [3.8, 4) is 0 Å². The minimum atomic E-state index is -4.29. The lowest BCUT2D eigenvalue weighted by Crippen LogP contribution is -2.38. The Balaban J connectivity index is 0.000000426. The van der Waals surface area contributed by atoms with Gasteiger partial charge in [0.05, 0.1) is 10.1 Å². The summed E-state index contributed by atoms with van der Waals surface area (Å²) in [6.45, 7) is 2.33. The molecule has 0 unspecified atom stereocenters. The number of carbonyl (C=O) groups excluding carboxylic acids is 1. The Bertz CT molecular complexity index is 1060. The highest BCUT2D eigenvalue weighted by atomic mass is 32.2. The summed E-state index contributed by atoms with van der Waals surface area (Å²) >= 11 is 9.14. The molecule has 1 saturated heterocycles. The molecule has 1 aliphatic rings. The molecule has 1 aliphatic heterocycles. The molecule has 0 N–H and O–H groups in total. The number of pyridine rings is 1. The second kappa shape index (κ2) is 11.1. The standard InChI is InChI=1S/C11H13N3O4S5.C5H5N/c1-3-13-8(15)7(21-11(13)19)9-14(12-10(20-2)22-9)5-4-6-23(16,17)18;1-2-4-6-5-3-1/h5H,3-4,6H2,1-2H3;1-5H. The molecule has 0 bridgehead atoms. The van der Waals surface area contributed by atoms with Crippen molar-refractivity contribution < 1.29 is 22.1 Å². The second-order valence-corrected chi connectivity index (χ2v) is 10.5. The van der Waals surface area contributed by atoms with Crippen molar-refractivity contribution in [2.24, 2.45) is 0 Å². The fourth-order valence-corrected chi connectivity index (χ4v) is 5.48. The highest BCUT2D eigenvalue weighted by Crippen LogP contribution is 2.31. The number of hydrogen-bond acceptors (Lipinski definition) is 10. The molecule has 1 amide bonds. The molecule has 0 saturated carbocycles. The van der Waals surface area contributed by atoms with Crippen LogP contribution in [-0.2, 0) is 14.9 Å². The van der Waals surface area contributed by atoms with E-state index < -0.39 is 15.9 Å². The Morgan fingerprint density at radius 2 is 2.03 bits per heavy atom. The van der Waals surface area contributed by atoms with Crippen LogP contribution in [-0.4, -0.2) is 56.7 Å². The SMILES string of the molecule is CCN1C(=O)C(=c2sc(SC)n[n+]2=CCCS(=O)(=O)[O-])SC1=S.c1ccncc1. The molecule has 3 rings (SSSR count). The number of aromatic nitrogens is 3. The fraction of sp³-hybridized carbons (Fsp3) is 0.312. The van der Waals surface area contributed by atoms with Gasteiger partial charge in [-0.15, -0.1) is 0 Å². The first kappa shape index (κ1) is 23.9. The Kier molecular flexibility index (Phi) is 9.17. The minimum Gasteiger partial charge on any atom is -0.748 e. The van der Waals surface area contributed by atoms with Gasteiger partial charge in [0.1, 0.15) is 4.32 Å². The van der Waals surface area contributed by atoms with E-state index >= 15 is 0 Å². The summed E-state index contributed by atoms with van der Waals surface area (Å²) in [4.78, 5) is 18.2. The Morgan fingerprint density at radius 3 is 2.48 bits per heavy atom. The quantitative estimate of drug-likeness (QED) is 0.264. The number of nitrogens with zero attached hydrogens (tertiary/aromatic N) is 4. The van der Waals surface area contributed by atoms with Crippen LogP contribution in [0.1, 0.15) is 13.3 Å². The maximum atomic E-state index is 12.4. The molecule has 29 heavy (non-hydrogen) atoms. The Morgan fingerprint density at radius 1 is 1.34 bits per heavy atom. The molecule has 8 nitrogen and oxygen atoms in total. The van der Waals surface area contributed by atoms with E-state index in [-0.39, 0.29) is 12.3 Å². The van der Waals surface area contributed by atoms with Crippen LogP contribution in [0.4, 0.5) is 0 Å². The van der Waals surface area contributed by atoms with Crippen molar-refractivity contribution in [2.45, 2.75) is 17.7 Å². The molecule has 13 heteroatoms. The van der Waals surface area contributed by atoms with Gasteiger partial charge in [0.2, 0.25) is 4.34 Å². The van der Waals surface area contributed by atoms with Gasteiger partial charge in [-0.05, 0) is 52.8 Å². The molecule has 0 aromatic carbocycles. The van der Waals surface area contributed by atoms with Crippen molar-refractivity contribution in [1.82, 2.24) is 15.0 Å². The highest BCUT2D eigenvalue weighted by molar-refractivity contribution is 8.30.